The molecule has 0 bridgehead atoms. The van der Waals surface area contributed by atoms with Gasteiger partial charge in [0.1, 0.15) is 18.2 Å². The smallest absolute Gasteiger partial charge is 0.417 e. The highest BCUT2D eigenvalue weighted by atomic mass is 16.6. The Morgan fingerprint density at radius 3 is 1.79 bits per heavy atom. The van der Waals surface area contributed by atoms with Crippen molar-refractivity contribution in [1.29, 1.82) is 0 Å². The molecule has 0 heterocycles. The first-order valence-electron chi connectivity index (χ1n) is 16.2. The van der Waals surface area contributed by atoms with E-state index in [1.165, 1.54) is 0 Å². The average Bonchev–Trinajstić information content (AvgIpc) is 3.39. The number of nitrogens with zero attached hydrogens (tertiary/aromatic N) is 1. The highest BCUT2D eigenvalue weighted by Gasteiger charge is 2.39. The Balaban J connectivity index is 1.52. The summed E-state index contributed by atoms with van der Waals surface area (Å²) in [6.45, 7) is 5.72. The molecule has 3 amide bonds. The highest BCUT2D eigenvalue weighted by molar-refractivity contribution is 5.97. The van der Waals surface area contributed by atoms with Gasteiger partial charge in [-0.25, -0.2) is 14.5 Å². The summed E-state index contributed by atoms with van der Waals surface area (Å²) in [7, 11) is 0. The largest absolute Gasteiger partial charge is 0.448 e. The molecule has 5 rings (SSSR count). The summed E-state index contributed by atoms with van der Waals surface area (Å²) in [4.78, 5) is 43.3. The Labute approximate surface area is 276 Å². The fourth-order valence-electron chi connectivity index (χ4n) is 6.12. The van der Waals surface area contributed by atoms with E-state index in [2.05, 4.69) is 17.4 Å². The summed E-state index contributed by atoms with van der Waals surface area (Å²) in [6, 6.07) is 33.0. The lowest BCUT2D eigenvalue weighted by atomic mass is 9.96. The molecule has 4 aromatic rings. The molecule has 0 unspecified atom stereocenters. The second-order valence-electron chi connectivity index (χ2n) is 12.7. The van der Waals surface area contributed by atoms with Gasteiger partial charge in [0.2, 0.25) is 0 Å². The minimum Gasteiger partial charge on any atom is -0.448 e. The lowest BCUT2D eigenvalue weighted by molar-refractivity contribution is -0.133. The number of hydrogen-bond donors (Lipinski definition) is 2. The summed E-state index contributed by atoms with van der Waals surface area (Å²) < 4.78 is 11.6. The van der Waals surface area contributed by atoms with Crippen molar-refractivity contribution in [1.82, 2.24) is 10.2 Å². The molecule has 8 heteroatoms. The van der Waals surface area contributed by atoms with Gasteiger partial charge in [-0.1, -0.05) is 109 Å². The fourth-order valence-corrected chi connectivity index (χ4v) is 6.12. The standard InChI is InChI=1S/C39H43N3O5/c1-39(2,3)47-37(44)41-34(24-14-15-25-40)36(43)42(35(27-16-6-4-7-17-27)28-18-8-5-9-19-28)38(45)46-26-33-31-22-12-10-20-29(31)30-21-11-13-23-32(30)33/h4-13,16-23,33-35H,14-15,24-26,40H2,1-3H3,(H,41,44)/t34-/m0/s1. The first kappa shape index (κ1) is 33.4. The number of alkyl carbamates (subject to hydrolysis) is 1. The van der Waals surface area contributed by atoms with Crippen molar-refractivity contribution in [2.24, 2.45) is 5.73 Å². The van der Waals surface area contributed by atoms with Crippen LogP contribution in [0.3, 0.4) is 0 Å². The van der Waals surface area contributed by atoms with Crippen LogP contribution < -0.4 is 11.1 Å². The van der Waals surface area contributed by atoms with Crippen molar-refractivity contribution in [3.05, 3.63) is 131 Å². The number of hydrogen-bond acceptors (Lipinski definition) is 6. The van der Waals surface area contributed by atoms with Gasteiger partial charge in [-0.05, 0) is 80.0 Å². The number of benzene rings is 4. The second-order valence-corrected chi connectivity index (χ2v) is 12.7. The monoisotopic (exact) mass is 633 g/mol. The zero-order valence-corrected chi connectivity index (χ0v) is 27.2. The number of carbonyl (C=O) groups is 3. The lowest BCUT2D eigenvalue weighted by Gasteiger charge is -2.33. The maximum Gasteiger partial charge on any atom is 0.417 e. The average molecular weight is 634 g/mol. The number of imide groups is 1. The normalized spacial score (nSPS) is 13.0. The van der Waals surface area contributed by atoms with Gasteiger partial charge < -0.3 is 20.5 Å². The van der Waals surface area contributed by atoms with Gasteiger partial charge in [-0.15, -0.1) is 0 Å². The van der Waals surface area contributed by atoms with Crippen LogP contribution >= 0.6 is 0 Å². The summed E-state index contributed by atoms with van der Waals surface area (Å²) in [5, 5.41) is 2.75. The molecule has 0 spiro atoms. The van der Waals surface area contributed by atoms with E-state index in [9.17, 15) is 14.4 Å². The molecule has 244 valence electrons. The predicted octanol–water partition coefficient (Wildman–Crippen LogP) is 7.58. The van der Waals surface area contributed by atoms with Crippen LogP contribution in [0.1, 0.15) is 74.2 Å². The van der Waals surface area contributed by atoms with Crippen molar-refractivity contribution in [3.8, 4) is 11.1 Å². The summed E-state index contributed by atoms with van der Waals surface area (Å²) in [5.74, 6) is -0.793. The zero-order valence-electron chi connectivity index (χ0n) is 27.2. The van der Waals surface area contributed by atoms with Crippen LogP contribution in [-0.2, 0) is 14.3 Å². The Morgan fingerprint density at radius 1 is 0.766 bits per heavy atom. The van der Waals surface area contributed by atoms with Gasteiger partial charge in [0.25, 0.3) is 5.91 Å². The van der Waals surface area contributed by atoms with Crippen LogP contribution in [-0.4, -0.2) is 47.8 Å². The van der Waals surface area contributed by atoms with Crippen LogP contribution in [0, 0.1) is 0 Å². The van der Waals surface area contributed by atoms with E-state index in [1.54, 1.807) is 20.8 Å². The summed E-state index contributed by atoms with van der Waals surface area (Å²) >= 11 is 0. The lowest BCUT2D eigenvalue weighted by Crippen LogP contribution is -2.53. The molecule has 0 saturated carbocycles. The maximum absolute atomic E-state index is 14.7. The molecule has 8 nitrogen and oxygen atoms in total. The summed E-state index contributed by atoms with van der Waals surface area (Å²) in [5.41, 5.74) is 10.8. The van der Waals surface area contributed by atoms with Gasteiger partial charge in [-0.2, -0.15) is 0 Å². The molecule has 1 aliphatic rings. The maximum atomic E-state index is 14.7. The van der Waals surface area contributed by atoms with E-state index >= 15 is 0 Å². The van der Waals surface area contributed by atoms with Crippen LogP contribution in [0.15, 0.2) is 109 Å². The van der Waals surface area contributed by atoms with Crippen molar-refractivity contribution in [2.45, 2.75) is 63.6 Å². The van der Waals surface area contributed by atoms with Crippen molar-refractivity contribution < 1.29 is 23.9 Å². The Bertz CT molecular complexity index is 1580. The van der Waals surface area contributed by atoms with E-state index in [0.717, 1.165) is 38.3 Å². The van der Waals surface area contributed by atoms with Crippen LogP contribution in [0.4, 0.5) is 9.59 Å². The molecule has 0 fully saturated rings. The minimum atomic E-state index is -1.06. The van der Waals surface area contributed by atoms with Crippen LogP contribution in [0.25, 0.3) is 11.1 Å². The van der Waals surface area contributed by atoms with Crippen molar-refractivity contribution in [2.75, 3.05) is 13.2 Å². The zero-order chi connectivity index (χ0) is 33.4. The molecule has 0 aromatic heterocycles. The van der Waals surface area contributed by atoms with Gasteiger partial charge in [0.05, 0.1) is 6.04 Å². The Kier molecular flexibility index (Phi) is 10.7. The number of fused-ring (bicyclic) bond motifs is 3. The third kappa shape index (κ3) is 8.07. The molecule has 4 aromatic carbocycles. The van der Waals surface area contributed by atoms with E-state index in [1.807, 2.05) is 97.1 Å². The first-order valence-corrected chi connectivity index (χ1v) is 16.2. The third-order valence-corrected chi connectivity index (χ3v) is 8.19. The number of nitrogens with one attached hydrogen (secondary N) is 1. The molecule has 47 heavy (non-hydrogen) atoms. The van der Waals surface area contributed by atoms with Gasteiger partial charge in [0, 0.05) is 5.92 Å². The fraction of sp³-hybridized carbons (Fsp3) is 0.308. The van der Waals surface area contributed by atoms with Gasteiger partial charge >= 0.3 is 12.2 Å². The molecule has 0 aliphatic heterocycles. The van der Waals surface area contributed by atoms with Crippen LogP contribution in [0.2, 0.25) is 0 Å². The van der Waals surface area contributed by atoms with Gasteiger partial charge in [-0.3, -0.25) is 4.79 Å². The number of rotatable bonds is 11. The van der Waals surface area contributed by atoms with Crippen molar-refractivity contribution >= 4 is 18.1 Å². The van der Waals surface area contributed by atoms with Gasteiger partial charge in [0.15, 0.2) is 0 Å². The second kappa shape index (κ2) is 15.1. The molecular formula is C39H43N3O5. The number of ether oxygens (including phenoxy) is 2. The van der Waals surface area contributed by atoms with Crippen LogP contribution in [0.5, 0.6) is 0 Å². The highest BCUT2D eigenvalue weighted by Crippen LogP contribution is 2.44. The molecule has 0 saturated heterocycles. The molecule has 3 N–H and O–H groups in total. The van der Waals surface area contributed by atoms with E-state index < -0.39 is 35.8 Å². The molecule has 0 radical (unpaired) electrons. The topological polar surface area (TPSA) is 111 Å². The quantitative estimate of drug-likeness (QED) is 0.165. The SMILES string of the molecule is CC(C)(C)OC(=O)N[C@@H](CCCCN)C(=O)N(C(=O)OCC1c2ccccc2-c2ccccc21)C(c1ccccc1)c1ccccc1. The van der Waals surface area contributed by atoms with E-state index in [4.69, 9.17) is 15.2 Å². The van der Waals surface area contributed by atoms with E-state index in [0.29, 0.717) is 19.4 Å². The Morgan fingerprint density at radius 2 is 1.28 bits per heavy atom. The summed E-state index contributed by atoms with van der Waals surface area (Å²) in [6.07, 6.45) is -0.0799. The predicted molar refractivity (Wildman–Crippen MR) is 183 cm³/mol. The first-order chi connectivity index (χ1) is 22.7. The molecule has 1 atom stereocenters. The molecular weight excluding hydrogens is 590 g/mol. The van der Waals surface area contributed by atoms with Crippen molar-refractivity contribution in [3.63, 3.8) is 0 Å². The number of carbonyl (C=O) groups excluding carboxylic acids is 3. The molecule has 1 aliphatic carbocycles. The number of nitrogens with two attached hydrogens (primary N) is 1. The number of unbranched alkanes of at least 4 members (excludes halogenated alkanes) is 1. The number of amides is 3. The minimum absolute atomic E-state index is 0.0320. The third-order valence-electron chi connectivity index (χ3n) is 8.19. The van der Waals surface area contributed by atoms with E-state index in [-0.39, 0.29) is 18.9 Å². The Hall–Kier alpha value is -4.95.